The molecular weight excluding hydrogens is 567 g/mol. The fraction of sp³-hybridized carbons (Fsp3) is 0.114. The highest BCUT2D eigenvalue weighted by Crippen LogP contribution is 2.31. The summed E-state index contributed by atoms with van der Waals surface area (Å²) in [5.41, 5.74) is 5.69. The van der Waals surface area contributed by atoms with Gasteiger partial charge in [0.25, 0.3) is 5.91 Å². The molecule has 0 aliphatic heterocycles. The molecule has 4 aromatic heterocycles. The molecule has 6 aromatic rings. The van der Waals surface area contributed by atoms with Crippen LogP contribution in [-0.2, 0) is 5.41 Å². The predicted octanol–water partition coefficient (Wildman–Crippen LogP) is 6.76. The van der Waals surface area contributed by atoms with Crippen LogP contribution in [0.5, 0.6) is 0 Å². The maximum atomic E-state index is 15.2. The van der Waals surface area contributed by atoms with Crippen LogP contribution in [0.1, 0.15) is 46.6 Å². The molecule has 0 spiro atoms. The molecule has 9 nitrogen and oxygen atoms in total. The van der Waals surface area contributed by atoms with Crippen molar-refractivity contribution in [3.05, 3.63) is 126 Å². The number of nitrogens with zero attached hydrogens (tertiary/aromatic N) is 5. The molecule has 6 rings (SSSR count). The highest BCUT2D eigenvalue weighted by Gasteiger charge is 2.22. The predicted molar refractivity (Wildman–Crippen MR) is 170 cm³/mol. The van der Waals surface area contributed by atoms with Crippen molar-refractivity contribution in [1.29, 1.82) is 5.26 Å². The summed E-state index contributed by atoms with van der Waals surface area (Å²) >= 11 is 0. The van der Waals surface area contributed by atoms with E-state index in [2.05, 4.69) is 48.7 Å². The fourth-order valence-corrected chi connectivity index (χ4v) is 4.81. The number of imidazole rings is 1. The normalized spacial score (nSPS) is 11.0. The molecule has 10 heteroatoms. The fourth-order valence-electron chi connectivity index (χ4n) is 4.81. The summed E-state index contributed by atoms with van der Waals surface area (Å²) in [5, 5.41) is 22.6. The number of nitrogens with one attached hydrogen (secondary N) is 3. The second-order valence-corrected chi connectivity index (χ2v) is 11.0. The Morgan fingerprint density at radius 1 is 1.02 bits per heavy atom. The quantitative estimate of drug-likeness (QED) is 0.183. The van der Waals surface area contributed by atoms with Crippen LogP contribution in [0.25, 0.3) is 16.8 Å². The summed E-state index contributed by atoms with van der Waals surface area (Å²) in [6.45, 7) is 5.34. The van der Waals surface area contributed by atoms with Gasteiger partial charge in [0.05, 0.1) is 40.8 Å². The van der Waals surface area contributed by atoms with Gasteiger partial charge in [0.15, 0.2) is 5.65 Å². The maximum absolute atomic E-state index is 15.2. The number of rotatable bonds is 6. The van der Waals surface area contributed by atoms with Gasteiger partial charge in [-0.05, 0) is 91.9 Å². The van der Waals surface area contributed by atoms with Gasteiger partial charge in [0.1, 0.15) is 11.5 Å². The average Bonchev–Trinajstić information content (AvgIpc) is 3.71. The molecule has 0 saturated carbocycles. The smallest absolute Gasteiger partial charge is 0.258 e. The lowest BCUT2D eigenvalue weighted by Gasteiger charge is -2.19. The summed E-state index contributed by atoms with van der Waals surface area (Å²) in [4.78, 5) is 22.2. The van der Waals surface area contributed by atoms with E-state index < -0.39 is 17.1 Å². The largest absolute Gasteiger partial charge is 0.350 e. The monoisotopic (exact) mass is 594 g/mol. The lowest BCUT2D eigenvalue weighted by atomic mass is 9.84. The van der Waals surface area contributed by atoms with Gasteiger partial charge in [-0.2, -0.15) is 10.4 Å². The topological polar surface area (TPSA) is 124 Å². The molecule has 4 heterocycles. The minimum Gasteiger partial charge on any atom is -0.350 e. The molecule has 0 atom stereocenters. The Labute approximate surface area is 258 Å². The van der Waals surface area contributed by atoms with Crippen LogP contribution >= 0.6 is 0 Å². The zero-order valence-corrected chi connectivity index (χ0v) is 24.7. The van der Waals surface area contributed by atoms with Gasteiger partial charge in [0.2, 0.25) is 0 Å². The van der Waals surface area contributed by atoms with Crippen molar-refractivity contribution in [2.45, 2.75) is 26.2 Å². The Morgan fingerprint density at radius 3 is 2.64 bits per heavy atom. The summed E-state index contributed by atoms with van der Waals surface area (Å²) in [6.07, 6.45) is 10.3. The minimum atomic E-state index is -0.830. The number of aromatic amines is 1. The van der Waals surface area contributed by atoms with E-state index in [1.165, 1.54) is 12.1 Å². The van der Waals surface area contributed by atoms with Crippen LogP contribution in [0, 0.1) is 35.9 Å². The Kier molecular flexibility index (Phi) is 7.55. The summed E-state index contributed by atoms with van der Waals surface area (Å²) < 4.78 is 17.0. The summed E-state index contributed by atoms with van der Waals surface area (Å²) in [7, 11) is 0. The molecule has 3 N–H and O–H groups in total. The Bertz CT molecular complexity index is 2150. The van der Waals surface area contributed by atoms with Crippen molar-refractivity contribution in [2.75, 3.05) is 10.6 Å². The Hall–Kier alpha value is -6.26. The number of halogens is 1. The van der Waals surface area contributed by atoms with Crippen molar-refractivity contribution in [2.24, 2.45) is 0 Å². The molecule has 220 valence electrons. The number of hydrogen-bond donors (Lipinski definition) is 3. The van der Waals surface area contributed by atoms with Gasteiger partial charge < -0.3 is 10.6 Å². The molecule has 0 fully saturated rings. The molecule has 0 bridgehead atoms. The van der Waals surface area contributed by atoms with E-state index in [-0.39, 0.29) is 5.56 Å². The SMILES string of the molecule is Cc1cc(F)c(C(=O)Nc2cc(-c3cccnc3)cc(C(C)(C)C#N)c2)cc1C#Cc1cnc2c(Nc3cn[nH]c3)cccn12. The second kappa shape index (κ2) is 11.8. The van der Waals surface area contributed by atoms with Crippen molar-refractivity contribution in [1.82, 2.24) is 24.6 Å². The number of nitriles is 1. The molecule has 2 aromatic carbocycles. The molecule has 45 heavy (non-hydrogen) atoms. The first kappa shape index (κ1) is 28.8. The van der Waals surface area contributed by atoms with E-state index in [9.17, 15) is 10.1 Å². The highest BCUT2D eigenvalue weighted by molar-refractivity contribution is 6.05. The maximum Gasteiger partial charge on any atom is 0.258 e. The molecule has 0 radical (unpaired) electrons. The Morgan fingerprint density at radius 2 is 1.89 bits per heavy atom. The number of hydrogen-bond acceptors (Lipinski definition) is 6. The standard InChI is InChI=1S/C35H27FN8O/c1-22-12-31(36)30(34(45)43-27-14-25(24-6-4-10-38-17-24)13-26(16-27)35(2,3)21-37)15-23(22)8-9-29-20-39-33-32(7-5-11-44(29)33)42-28-18-40-41-19-28/h4-7,10-20,42H,1-3H3,(H,40,41)(H,43,45). The molecule has 1 amide bonds. The number of H-pyrrole nitrogens is 1. The molecular formula is C35H27FN8O. The summed E-state index contributed by atoms with van der Waals surface area (Å²) in [5.74, 6) is 4.91. The van der Waals surface area contributed by atoms with Crippen LogP contribution in [-0.4, -0.2) is 30.5 Å². The number of fused-ring (bicyclic) bond motifs is 1. The number of pyridine rings is 2. The highest BCUT2D eigenvalue weighted by atomic mass is 19.1. The van der Waals surface area contributed by atoms with E-state index in [0.29, 0.717) is 33.7 Å². The van der Waals surface area contributed by atoms with E-state index in [1.807, 2.05) is 40.9 Å². The molecule has 0 aliphatic rings. The third-order valence-corrected chi connectivity index (χ3v) is 7.38. The zero-order valence-electron chi connectivity index (χ0n) is 24.7. The van der Waals surface area contributed by atoms with Crippen LogP contribution in [0.4, 0.5) is 21.5 Å². The van der Waals surface area contributed by atoms with Gasteiger partial charge in [0, 0.05) is 41.6 Å². The second-order valence-electron chi connectivity index (χ2n) is 11.0. The van der Waals surface area contributed by atoms with Crippen LogP contribution in [0.2, 0.25) is 0 Å². The summed E-state index contributed by atoms with van der Waals surface area (Å²) in [6, 6.07) is 17.9. The lowest BCUT2D eigenvalue weighted by molar-refractivity contribution is 0.102. The van der Waals surface area contributed by atoms with Crippen LogP contribution in [0.15, 0.2) is 91.8 Å². The van der Waals surface area contributed by atoms with Crippen LogP contribution in [0.3, 0.4) is 0 Å². The number of aryl methyl sites for hydroxylation is 1. The third kappa shape index (κ3) is 5.99. The first-order valence-corrected chi connectivity index (χ1v) is 14.0. The van der Waals surface area contributed by atoms with Gasteiger partial charge >= 0.3 is 0 Å². The first-order valence-electron chi connectivity index (χ1n) is 14.0. The van der Waals surface area contributed by atoms with Crippen molar-refractivity contribution in [3.63, 3.8) is 0 Å². The van der Waals surface area contributed by atoms with E-state index in [0.717, 1.165) is 22.5 Å². The van der Waals surface area contributed by atoms with Crippen LogP contribution < -0.4 is 10.6 Å². The number of carbonyl (C=O) groups is 1. The number of amides is 1. The Balaban J connectivity index is 1.31. The zero-order chi connectivity index (χ0) is 31.6. The van der Waals surface area contributed by atoms with Gasteiger partial charge in [-0.1, -0.05) is 12.0 Å². The van der Waals surface area contributed by atoms with Crippen molar-refractivity contribution < 1.29 is 9.18 Å². The number of anilines is 3. The first-order chi connectivity index (χ1) is 21.7. The lowest BCUT2D eigenvalue weighted by Crippen LogP contribution is -2.17. The molecule has 0 unspecified atom stereocenters. The van der Waals surface area contributed by atoms with Crippen molar-refractivity contribution in [3.8, 4) is 29.0 Å². The number of carbonyl (C=O) groups excluding carboxylic acids is 1. The third-order valence-electron chi connectivity index (χ3n) is 7.38. The van der Waals surface area contributed by atoms with Gasteiger partial charge in [-0.15, -0.1) is 0 Å². The van der Waals surface area contributed by atoms with Gasteiger partial charge in [-0.3, -0.25) is 19.3 Å². The van der Waals surface area contributed by atoms with E-state index in [1.54, 1.807) is 63.9 Å². The number of benzene rings is 2. The van der Waals surface area contributed by atoms with E-state index in [4.69, 9.17) is 0 Å². The average molecular weight is 595 g/mol. The molecule has 0 aliphatic carbocycles. The number of aromatic nitrogens is 5. The van der Waals surface area contributed by atoms with E-state index >= 15 is 4.39 Å². The van der Waals surface area contributed by atoms with Gasteiger partial charge in [-0.25, -0.2) is 9.37 Å². The molecule has 0 saturated heterocycles. The minimum absolute atomic E-state index is 0.150. The van der Waals surface area contributed by atoms with Crippen molar-refractivity contribution >= 4 is 28.6 Å².